The van der Waals surface area contributed by atoms with Crippen LogP contribution in [0.15, 0.2) is 54.7 Å². The highest BCUT2D eigenvalue weighted by molar-refractivity contribution is 6.07. The van der Waals surface area contributed by atoms with Gasteiger partial charge in [-0.25, -0.2) is 4.39 Å². The summed E-state index contributed by atoms with van der Waals surface area (Å²) in [6.07, 6.45) is 2.39. The number of aromatic nitrogens is 1. The Bertz CT molecular complexity index is 916. The summed E-state index contributed by atoms with van der Waals surface area (Å²) in [4.78, 5) is 24.2. The molecule has 0 radical (unpaired) electrons. The number of nitrogens with zero attached hydrogens (tertiary/aromatic N) is 1. The summed E-state index contributed by atoms with van der Waals surface area (Å²) in [6, 6.07) is 13.5. The summed E-state index contributed by atoms with van der Waals surface area (Å²) in [5.41, 5.74) is 7.15. The SMILES string of the molecule is Cn1cc(C(=O)NNC(=O)CCc2ccc(F)cc2)c2ccccc21. The van der Waals surface area contributed by atoms with Crippen LogP contribution >= 0.6 is 0 Å². The van der Waals surface area contributed by atoms with Crippen molar-refractivity contribution in [3.63, 3.8) is 0 Å². The van der Waals surface area contributed by atoms with Gasteiger partial charge in [-0.3, -0.25) is 20.4 Å². The first-order valence-corrected chi connectivity index (χ1v) is 7.92. The summed E-state index contributed by atoms with van der Waals surface area (Å²) in [6.45, 7) is 0. The van der Waals surface area contributed by atoms with Crippen LogP contribution in [-0.2, 0) is 18.3 Å². The number of carbonyl (C=O) groups is 2. The highest BCUT2D eigenvalue weighted by Gasteiger charge is 2.14. The maximum absolute atomic E-state index is 12.8. The van der Waals surface area contributed by atoms with Gasteiger partial charge in [-0.2, -0.15) is 0 Å². The quantitative estimate of drug-likeness (QED) is 0.718. The predicted molar refractivity (Wildman–Crippen MR) is 93.2 cm³/mol. The molecule has 25 heavy (non-hydrogen) atoms. The molecule has 0 atom stereocenters. The van der Waals surface area contributed by atoms with Crippen molar-refractivity contribution in [1.29, 1.82) is 0 Å². The number of hydrazine groups is 1. The van der Waals surface area contributed by atoms with Crippen molar-refractivity contribution >= 4 is 22.7 Å². The molecule has 0 fully saturated rings. The molecule has 2 aromatic carbocycles. The van der Waals surface area contributed by atoms with E-state index in [2.05, 4.69) is 10.9 Å². The second-order valence-electron chi connectivity index (χ2n) is 5.80. The zero-order chi connectivity index (χ0) is 17.8. The Morgan fingerprint density at radius 2 is 1.76 bits per heavy atom. The fourth-order valence-corrected chi connectivity index (χ4v) is 2.69. The average molecular weight is 339 g/mol. The maximum Gasteiger partial charge on any atom is 0.271 e. The Morgan fingerprint density at radius 3 is 2.52 bits per heavy atom. The van der Waals surface area contributed by atoms with Crippen LogP contribution in [0.3, 0.4) is 0 Å². The topological polar surface area (TPSA) is 63.1 Å². The molecule has 0 aliphatic rings. The number of aryl methyl sites for hydroxylation is 2. The summed E-state index contributed by atoms with van der Waals surface area (Å²) in [5, 5.41) is 0.822. The first-order chi connectivity index (χ1) is 12.0. The van der Waals surface area contributed by atoms with Gasteiger partial charge >= 0.3 is 0 Å². The van der Waals surface area contributed by atoms with E-state index in [4.69, 9.17) is 0 Å². The van der Waals surface area contributed by atoms with E-state index >= 15 is 0 Å². The van der Waals surface area contributed by atoms with Gasteiger partial charge < -0.3 is 4.57 Å². The highest BCUT2D eigenvalue weighted by Crippen LogP contribution is 2.19. The lowest BCUT2D eigenvalue weighted by Gasteiger charge is -2.07. The fourth-order valence-electron chi connectivity index (χ4n) is 2.69. The molecule has 0 saturated carbocycles. The van der Waals surface area contributed by atoms with E-state index in [0.29, 0.717) is 12.0 Å². The van der Waals surface area contributed by atoms with E-state index in [1.807, 2.05) is 35.9 Å². The number of benzene rings is 2. The van der Waals surface area contributed by atoms with Gasteiger partial charge in [0.05, 0.1) is 5.56 Å². The first-order valence-electron chi connectivity index (χ1n) is 7.92. The van der Waals surface area contributed by atoms with Crippen LogP contribution in [-0.4, -0.2) is 16.4 Å². The van der Waals surface area contributed by atoms with Crippen molar-refractivity contribution in [3.05, 3.63) is 71.7 Å². The van der Waals surface area contributed by atoms with E-state index in [-0.39, 0.29) is 24.1 Å². The summed E-state index contributed by atoms with van der Waals surface area (Å²) < 4.78 is 14.7. The molecule has 1 heterocycles. The van der Waals surface area contributed by atoms with Gasteiger partial charge in [0.25, 0.3) is 5.91 Å². The Kier molecular flexibility index (Phi) is 4.79. The van der Waals surface area contributed by atoms with E-state index in [1.165, 1.54) is 12.1 Å². The zero-order valence-electron chi connectivity index (χ0n) is 13.8. The normalized spacial score (nSPS) is 10.6. The van der Waals surface area contributed by atoms with Crippen LogP contribution in [0.4, 0.5) is 4.39 Å². The van der Waals surface area contributed by atoms with Gasteiger partial charge in [0.2, 0.25) is 5.91 Å². The fraction of sp³-hybridized carbons (Fsp3) is 0.158. The third-order valence-electron chi connectivity index (χ3n) is 4.01. The molecule has 128 valence electrons. The maximum atomic E-state index is 12.8. The van der Waals surface area contributed by atoms with Gasteiger partial charge in [-0.1, -0.05) is 30.3 Å². The zero-order valence-corrected chi connectivity index (χ0v) is 13.8. The summed E-state index contributed by atoms with van der Waals surface area (Å²) in [7, 11) is 1.86. The molecule has 3 rings (SSSR count). The predicted octanol–water partition coefficient (Wildman–Crippen LogP) is 2.71. The second-order valence-corrected chi connectivity index (χ2v) is 5.80. The molecule has 0 unspecified atom stereocenters. The molecule has 0 aliphatic carbocycles. The first kappa shape index (κ1) is 16.7. The third kappa shape index (κ3) is 3.85. The van der Waals surface area contributed by atoms with Crippen molar-refractivity contribution in [2.45, 2.75) is 12.8 Å². The number of para-hydroxylation sites is 1. The number of hydrogen-bond acceptors (Lipinski definition) is 2. The molecule has 0 bridgehead atoms. The number of carbonyl (C=O) groups excluding carboxylic acids is 2. The summed E-state index contributed by atoms with van der Waals surface area (Å²) >= 11 is 0. The molecule has 0 saturated heterocycles. The number of rotatable bonds is 4. The average Bonchev–Trinajstić information content (AvgIpc) is 2.96. The van der Waals surface area contributed by atoms with Gasteiger partial charge in [0, 0.05) is 30.6 Å². The highest BCUT2D eigenvalue weighted by atomic mass is 19.1. The minimum atomic E-state index is -0.369. The molecule has 2 amide bonds. The number of halogens is 1. The molecule has 1 aromatic heterocycles. The Labute approximate surface area is 144 Å². The monoisotopic (exact) mass is 339 g/mol. The smallest absolute Gasteiger partial charge is 0.271 e. The van der Waals surface area contributed by atoms with E-state index in [0.717, 1.165) is 16.5 Å². The minimum Gasteiger partial charge on any atom is -0.350 e. The molecule has 0 spiro atoms. The van der Waals surface area contributed by atoms with Crippen LogP contribution in [0.5, 0.6) is 0 Å². The van der Waals surface area contributed by atoms with Gasteiger partial charge in [0.15, 0.2) is 0 Å². The molecule has 3 aromatic rings. The van der Waals surface area contributed by atoms with Crippen LogP contribution in [0, 0.1) is 5.82 Å². The van der Waals surface area contributed by atoms with Gasteiger partial charge in [-0.05, 0) is 30.2 Å². The number of fused-ring (bicyclic) bond motifs is 1. The number of amides is 2. The largest absolute Gasteiger partial charge is 0.350 e. The van der Waals surface area contributed by atoms with Gasteiger partial charge in [-0.15, -0.1) is 0 Å². The van der Waals surface area contributed by atoms with Crippen LogP contribution in [0.2, 0.25) is 0 Å². The van der Waals surface area contributed by atoms with E-state index < -0.39 is 0 Å². The third-order valence-corrected chi connectivity index (χ3v) is 4.01. The van der Waals surface area contributed by atoms with Crippen LogP contribution in [0.1, 0.15) is 22.3 Å². The van der Waals surface area contributed by atoms with Crippen LogP contribution in [0.25, 0.3) is 10.9 Å². The van der Waals surface area contributed by atoms with Crippen molar-refractivity contribution in [2.24, 2.45) is 7.05 Å². The molecule has 6 heteroatoms. The van der Waals surface area contributed by atoms with E-state index in [9.17, 15) is 14.0 Å². The standard InChI is InChI=1S/C19H18FN3O2/c1-23-12-16(15-4-2-3-5-17(15)23)19(25)22-21-18(24)11-8-13-6-9-14(20)10-7-13/h2-7,9-10,12H,8,11H2,1H3,(H,21,24)(H,22,25). The van der Waals surface area contributed by atoms with Crippen molar-refractivity contribution in [2.75, 3.05) is 0 Å². The minimum absolute atomic E-state index is 0.196. The van der Waals surface area contributed by atoms with Crippen molar-refractivity contribution < 1.29 is 14.0 Å². The molecular formula is C19H18FN3O2. The van der Waals surface area contributed by atoms with Crippen molar-refractivity contribution in [1.82, 2.24) is 15.4 Å². The molecule has 5 nitrogen and oxygen atoms in total. The Hall–Kier alpha value is -3.15. The lowest BCUT2D eigenvalue weighted by molar-refractivity contribution is -0.121. The Balaban J connectivity index is 1.56. The lowest BCUT2D eigenvalue weighted by atomic mass is 10.1. The van der Waals surface area contributed by atoms with Crippen LogP contribution < -0.4 is 10.9 Å². The number of nitrogens with one attached hydrogen (secondary N) is 2. The van der Waals surface area contributed by atoms with Crippen molar-refractivity contribution in [3.8, 4) is 0 Å². The number of hydrogen-bond donors (Lipinski definition) is 2. The molecular weight excluding hydrogens is 321 g/mol. The van der Waals surface area contributed by atoms with Gasteiger partial charge in [0.1, 0.15) is 5.82 Å². The molecule has 0 aliphatic heterocycles. The molecule has 2 N–H and O–H groups in total. The van der Waals surface area contributed by atoms with E-state index in [1.54, 1.807) is 18.3 Å². The second kappa shape index (κ2) is 7.17. The lowest BCUT2D eigenvalue weighted by Crippen LogP contribution is -2.41. The Morgan fingerprint density at radius 1 is 1.04 bits per heavy atom. The summed E-state index contributed by atoms with van der Waals surface area (Å²) in [5.74, 6) is -0.986.